The molecule has 1 atom stereocenters. The number of halogens is 1. The van der Waals surface area contributed by atoms with E-state index in [1.54, 1.807) is 10.6 Å². The van der Waals surface area contributed by atoms with Gasteiger partial charge in [0, 0.05) is 16.7 Å². The van der Waals surface area contributed by atoms with E-state index in [2.05, 4.69) is 20.8 Å². The quantitative estimate of drug-likeness (QED) is 0.905. The topological polar surface area (TPSA) is 45.5 Å². The van der Waals surface area contributed by atoms with Gasteiger partial charge in [-0.3, -0.25) is 0 Å². The van der Waals surface area contributed by atoms with E-state index in [1.165, 1.54) is 0 Å². The molecule has 0 saturated carbocycles. The van der Waals surface area contributed by atoms with Gasteiger partial charge in [-0.25, -0.2) is 4.79 Å². The summed E-state index contributed by atoms with van der Waals surface area (Å²) in [5, 5.41) is 9.05. The molecule has 0 aliphatic heterocycles. The molecule has 1 N–H and O–H groups in total. The Bertz CT molecular complexity index is 374. The first-order valence-corrected chi connectivity index (χ1v) is 5.96. The fraction of sp³-hybridized carbons (Fsp3) is 0.545. The van der Waals surface area contributed by atoms with Crippen LogP contribution in [0.2, 0.25) is 0 Å². The van der Waals surface area contributed by atoms with Gasteiger partial charge in [0.2, 0.25) is 0 Å². The Labute approximate surface area is 104 Å². The number of aromatic carboxylic acids is 1. The van der Waals surface area contributed by atoms with E-state index < -0.39 is 5.97 Å². The lowest BCUT2D eigenvalue weighted by Crippen LogP contribution is -2.19. The molecule has 16 heavy (non-hydrogen) atoms. The van der Waals surface area contributed by atoms with E-state index in [-0.39, 0.29) is 6.04 Å². The molecule has 0 bridgehead atoms. The van der Waals surface area contributed by atoms with Gasteiger partial charge >= 0.3 is 5.97 Å². The van der Waals surface area contributed by atoms with Crippen molar-refractivity contribution in [2.24, 2.45) is 0 Å². The average molecular weight is 289 g/mol. The summed E-state index contributed by atoms with van der Waals surface area (Å²) in [5.41, 5.74) is 0.332. The van der Waals surface area contributed by atoms with Crippen LogP contribution in [-0.2, 0) is 0 Å². The molecular formula is C11H17BrN2O2. The molecule has 1 rings (SSSR count). The minimum Gasteiger partial charge on any atom is -0.477 e. The first-order chi connectivity index (χ1) is 7.41. The first kappa shape index (κ1) is 13.3. The van der Waals surface area contributed by atoms with Crippen molar-refractivity contribution in [2.45, 2.75) is 19.4 Å². The second kappa shape index (κ2) is 5.50. The zero-order chi connectivity index (χ0) is 12.3. The second-order valence-electron chi connectivity index (χ2n) is 4.20. The third-order valence-electron chi connectivity index (χ3n) is 2.50. The summed E-state index contributed by atoms with van der Waals surface area (Å²) >= 11 is 3.31. The standard InChI is InChI=1S/C11H17BrN2O2/c1-8(4-5-13(2)3)14-7-9(12)6-10(14)11(15)16/h6-8H,4-5H2,1-3H3,(H,15,16). The van der Waals surface area contributed by atoms with Crippen LogP contribution in [0.15, 0.2) is 16.7 Å². The molecule has 0 aromatic carbocycles. The Balaban J connectivity index is 2.81. The van der Waals surface area contributed by atoms with E-state index in [1.807, 2.05) is 27.2 Å². The number of hydrogen-bond acceptors (Lipinski definition) is 2. The molecule has 0 aliphatic carbocycles. The van der Waals surface area contributed by atoms with Gasteiger partial charge in [0.1, 0.15) is 5.69 Å². The van der Waals surface area contributed by atoms with Crippen LogP contribution in [0.25, 0.3) is 0 Å². The molecule has 0 spiro atoms. The minimum atomic E-state index is -0.887. The largest absolute Gasteiger partial charge is 0.477 e. The summed E-state index contributed by atoms with van der Waals surface area (Å²) in [6.45, 7) is 2.97. The number of carbonyl (C=O) groups is 1. The van der Waals surface area contributed by atoms with Crippen molar-refractivity contribution >= 4 is 21.9 Å². The fourth-order valence-electron chi connectivity index (χ4n) is 1.57. The highest BCUT2D eigenvalue weighted by Crippen LogP contribution is 2.21. The van der Waals surface area contributed by atoms with Gasteiger partial charge in [0.05, 0.1) is 0 Å². The van der Waals surface area contributed by atoms with Crippen molar-refractivity contribution in [1.29, 1.82) is 0 Å². The van der Waals surface area contributed by atoms with Crippen molar-refractivity contribution in [1.82, 2.24) is 9.47 Å². The predicted octanol–water partition coefficient (Wildman–Crippen LogP) is 2.46. The van der Waals surface area contributed by atoms with E-state index in [0.29, 0.717) is 5.69 Å². The molecule has 1 aromatic rings. The molecule has 90 valence electrons. The van der Waals surface area contributed by atoms with Crippen LogP contribution in [0.4, 0.5) is 0 Å². The molecule has 0 amide bonds. The van der Waals surface area contributed by atoms with Crippen LogP contribution in [-0.4, -0.2) is 41.2 Å². The van der Waals surface area contributed by atoms with Gasteiger partial charge in [-0.15, -0.1) is 0 Å². The number of aromatic nitrogens is 1. The first-order valence-electron chi connectivity index (χ1n) is 5.17. The number of rotatable bonds is 5. The molecule has 1 heterocycles. The molecule has 0 radical (unpaired) electrons. The van der Waals surface area contributed by atoms with Crippen molar-refractivity contribution < 1.29 is 9.90 Å². The van der Waals surface area contributed by atoms with Gasteiger partial charge in [0.15, 0.2) is 0 Å². The number of carboxylic acid groups (broad SMARTS) is 1. The monoisotopic (exact) mass is 288 g/mol. The third-order valence-corrected chi connectivity index (χ3v) is 2.94. The van der Waals surface area contributed by atoms with Crippen LogP contribution < -0.4 is 0 Å². The summed E-state index contributed by atoms with van der Waals surface area (Å²) in [7, 11) is 4.02. The lowest BCUT2D eigenvalue weighted by Gasteiger charge is -2.18. The zero-order valence-electron chi connectivity index (χ0n) is 9.77. The minimum absolute atomic E-state index is 0.180. The van der Waals surface area contributed by atoms with E-state index in [0.717, 1.165) is 17.4 Å². The van der Waals surface area contributed by atoms with Crippen molar-refractivity contribution in [2.75, 3.05) is 20.6 Å². The van der Waals surface area contributed by atoms with Gasteiger partial charge in [0.25, 0.3) is 0 Å². The van der Waals surface area contributed by atoms with Crippen molar-refractivity contribution in [3.05, 3.63) is 22.4 Å². The van der Waals surface area contributed by atoms with Crippen LogP contribution >= 0.6 is 15.9 Å². The predicted molar refractivity (Wildman–Crippen MR) is 67.0 cm³/mol. The number of nitrogens with zero attached hydrogens (tertiary/aromatic N) is 2. The summed E-state index contributed by atoms with van der Waals surface area (Å²) in [6, 6.07) is 1.81. The Morgan fingerprint density at radius 1 is 1.62 bits per heavy atom. The van der Waals surface area contributed by atoms with E-state index in [9.17, 15) is 4.79 Å². The molecule has 0 aliphatic rings. The molecule has 1 unspecified atom stereocenters. The molecule has 0 fully saturated rings. The molecular weight excluding hydrogens is 272 g/mol. The Hall–Kier alpha value is -0.810. The van der Waals surface area contributed by atoms with Crippen LogP contribution in [0.5, 0.6) is 0 Å². The fourth-order valence-corrected chi connectivity index (χ4v) is 2.00. The number of hydrogen-bond donors (Lipinski definition) is 1. The summed E-state index contributed by atoms with van der Waals surface area (Å²) < 4.78 is 2.61. The van der Waals surface area contributed by atoms with E-state index >= 15 is 0 Å². The van der Waals surface area contributed by atoms with E-state index in [4.69, 9.17) is 5.11 Å². The second-order valence-corrected chi connectivity index (χ2v) is 5.11. The highest BCUT2D eigenvalue weighted by molar-refractivity contribution is 9.10. The highest BCUT2D eigenvalue weighted by atomic mass is 79.9. The highest BCUT2D eigenvalue weighted by Gasteiger charge is 2.15. The van der Waals surface area contributed by atoms with Gasteiger partial charge in [-0.1, -0.05) is 0 Å². The van der Waals surface area contributed by atoms with Crippen LogP contribution in [0.1, 0.15) is 29.9 Å². The lowest BCUT2D eigenvalue weighted by molar-refractivity contribution is 0.0682. The summed E-state index contributed by atoms with van der Waals surface area (Å²) in [6.07, 6.45) is 2.75. The Kier molecular flexibility index (Phi) is 4.56. The molecule has 4 nitrogen and oxygen atoms in total. The van der Waals surface area contributed by atoms with Gasteiger partial charge in [-0.05, 0) is 56.0 Å². The summed E-state index contributed by atoms with van der Waals surface area (Å²) in [4.78, 5) is 13.1. The third kappa shape index (κ3) is 3.35. The van der Waals surface area contributed by atoms with Crippen molar-refractivity contribution in [3.8, 4) is 0 Å². The normalized spacial score (nSPS) is 13.1. The number of carboxylic acids is 1. The average Bonchev–Trinajstić information content (AvgIpc) is 2.56. The van der Waals surface area contributed by atoms with Crippen LogP contribution in [0, 0.1) is 0 Å². The smallest absolute Gasteiger partial charge is 0.352 e. The van der Waals surface area contributed by atoms with Gasteiger partial charge < -0.3 is 14.6 Å². The molecule has 0 saturated heterocycles. The molecule has 5 heteroatoms. The molecule has 1 aromatic heterocycles. The maximum absolute atomic E-state index is 11.0. The zero-order valence-corrected chi connectivity index (χ0v) is 11.4. The SMILES string of the molecule is CC(CCN(C)C)n1cc(Br)cc1C(=O)O. The van der Waals surface area contributed by atoms with Gasteiger partial charge in [-0.2, -0.15) is 0 Å². The van der Waals surface area contributed by atoms with Crippen molar-refractivity contribution in [3.63, 3.8) is 0 Å². The Morgan fingerprint density at radius 2 is 2.25 bits per heavy atom. The van der Waals surface area contributed by atoms with Crippen LogP contribution in [0.3, 0.4) is 0 Å². The summed E-state index contributed by atoms with van der Waals surface area (Å²) in [5.74, 6) is -0.887. The lowest BCUT2D eigenvalue weighted by atomic mass is 10.2. The maximum Gasteiger partial charge on any atom is 0.352 e. The Morgan fingerprint density at radius 3 is 2.75 bits per heavy atom. The maximum atomic E-state index is 11.0.